The van der Waals surface area contributed by atoms with E-state index >= 15 is 0 Å². The Morgan fingerprint density at radius 1 is 1.04 bits per heavy atom. The van der Waals surface area contributed by atoms with Crippen LogP contribution in [0.3, 0.4) is 0 Å². The molecule has 0 saturated heterocycles. The summed E-state index contributed by atoms with van der Waals surface area (Å²) < 4.78 is 11.6. The molecule has 0 heterocycles. The molecule has 0 aliphatic heterocycles. The van der Waals surface area contributed by atoms with Gasteiger partial charge in [-0.2, -0.15) is 0 Å². The van der Waals surface area contributed by atoms with Gasteiger partial charge in [0.05, 0.1) is 7.11 Å². The average Bonchev–Trinajstić information content (AvgIpc) is 3.13. The maximum atomic E-state index is 6.14. The Balaban J connectivity index is 1.70. The second-order valence-corrected chi connectivity index (χ2v) is 6.59. The number of aryl methyl sites for hydroxylation is 1. The van der Waals surface area contributed by atoms with Crippen molar-refractivity contribution in [2.75, 3.05) is 7.11 Å². The first-order valence-electron chi connectivity index (χ1n) is 8.84. The number of nitrogens with one attached hydrogen (secondary N) is 1. The number of rotatable bonds is 7. The molecule has 2 aromatic carbocycles. The zero-order valence-corrected chi connectivity index (χ0v) is 14.7. The Labute approximate surface area is 145 Å². The van der Waals surface area contributed by atoms with Crippen LogP contribution in [0.2, 0.25) is 0 Å². The van der Waals surface area contributed by atoms with Crippen molar-refractivity contribution in [3.05, 3.63) is 59.2 Å². The molecule has 1 fully saturated rings. The van der Waals surface area contributed by atoms with E-state index in [-0.39, 0.29) is 0 Å². The van der Waals surface area contributed by atoms with E-state index in [1.54, 1.807) is 7.11 Å². The third-order valence-corrected chi connectivity index (χ3v) is 4.72. The van der Waals surface area contributed by atoms with Crippen molar-refractivity contribution in [2.24, 2.45) is 0 Å². The van der Waals surface area contributed by atoms with Gasteiger partial charge in [0.25, 0.3) is 0 Å². The van der Waals surface area contributed by atoms with Gasteiger partial charge < -0.3 is 14.8 Å². The highest BCUT2D eigenvalue weighted by molar-refractivity contribution is 5.46. The van der Waals surface area contributed by atoms with E-state index in [1.807, 2.05) is 12.1 Å². The summed E-state index contributed by atoms with van der Waals surface area (Å²) in [6, 6.07) is 15.2. The van der Waals surface area contributed by atoms with Crippen LogP contribution in [0.4, 0.5) is 0 Å². The van der Waals surface area contributed by atoms with Gasteiger partial charge in [-0.1, -0.05) is 54.8 Å². The van der Waals surface area contributed by atoms with E-state index in [1.165, 1.54) is 36.8 Å². The summed E-state index contributed by atoms with van der Waals surface area (Å²) in [6.45, 7) is 3.47. The fraction of sp³-hybridized carbons (Fsp3) is 0.429. The lowest BCUT2D eigenvalue weighted by molar-refractivity contribution is 0.280. The van der Waals surface area contributed by atoms with Crippen LogP contribution in [-0.4, -0.2) is 13.2 Å². The van der Waals surface area contributed by atoms with Gasteiger partial charge in [0.2, 0.25) is 0 Å². The summed E-state index contributed by atoms with van der Waals surface area (Å²) in [4.78, 5) is 0. The van der Waals surface area contributed by atoms with E-state index < -0.39 is 0 Å². The maximum absolute atomic E-state index is 6.14. The van der Waals surface area contributed by atoms with E-state index in [4.69, 9.17) is 9.47 Å². The molecule has 1 N–H and O–H groups in total. The number of ether oxygens (including phenoxy) is 2. The minimum atomic E-state index is 0.553. The van der Waals surface area contributed by atoms with Crippen LogP contribution in [0.15, 0.2) is 42.5 Å². The lowest BCUT2D eigenvalue weighted by Gasteiger charge is -2.17. The minimum absolute atomic E-state index is 0.553. The normalized spacial score (nSPS) is 14.8. The Morgan fingerprint density at radius 3 is 2.50 bits per heavy atom. The summed E-state index contributed by atoms with van der Waals surface area (Å²) in [5.74, 6) is 1.65. The number of methoxy groups -OCH3 is 1. The quantitative estimate of drug-likeness (QED) is 0.806. The maximum Gasteiger partial charge on any atom is 0.166 e. The first kappa shape index (κ1) is 16.8. The third kappa shape index (κ3) is 4.30. The van der Waals surface area contributed by atoms with Crippen molar-refractivity contribution in [3.63, 3.8) is 0 Å². The van der Waals surface area contributed by atoms with E-state index in [0.717, 1.165) is 23.6 Å². The Bertz CT molecular complexity index is 645. The second-order valence-electron chi connectivity index (χ2n) is 6.59. The van der Waals surface area contributed by atoms with Gasteiger partial charge in [-0.3, -0.25) is 0 Å². The first-order chi connectivity index (χ1) is 11.8. The molecule has 0 amide bonds. The smallest absolute Gasteiger partial charge is 0.166 e. The van der Waals surface area contributed by atoms with Crippen molar-refractivity contribution < 1.29 is 9.47 Å². The molecule has 1 saturated carbocycles. The monoisotopic (exact) mass is 325 g/mol. The average molecular weight is 325 g/mol. The van der Waals surface area contributed by atoms with Crippen LogP contribution < -0.4 is 14.8 Å². The molecule has 0 atom stereocenters. The molecule has 3 nitrogen and oxygen atoms in total. The predicted molar refractivity (Wildman–Crippen MR) is 97.6 cm³/mol. The van der Waals surface area contributed by atoms with Gasteiger partial charge in [-0.25, -0.2) is 0 Å². The van der Waals surface area contributed by atoms with Crippen molar-refractivity contribution in [1.82, 2.24) is 5.32 Å². The van der Waals surface area contributed by atoms with Crippen molar-refractivity contribution in [3.8, 4) is 11.5 Å². The fourth-order valence-electron chi connectivity index (χ4n) is 3.25. The molecule has 0 unspecified atom stereocenters. The lowest BCUT2D eigenvalue weighted by Crippen LogP contribution is -2.25. The third-order valence-electron chi connectivity index (χ3n) is 4.72. The number of hydrogen-bond acceptors (Lipinski definition) is 3. The van der Waals surface area contributed by atoms with E-state index in [9.17, 15) is 0 Å². The topological polar surface area (TPSA) is 30.5 Å². The summed E-state index contributed by atoms with van der Waals surface area (Å²) in [6.07, 6.45) is 5.24. The van der Waals surface area contributed by atoms with Crippen LogP contribution in [-0.2, 0) is 13.2 Å². The molecule has 0 spiro atoms. The Morgan fingerprint density at radius 2 is 1.79 bits per heavy atom. The summed E-state index contributed by atoms with van der Waals surface area (Å²) in [5, 5.41) is 3.66. The van der Waals surface area contributed by atoms with Crippen LogP contribution >= 0.6 is 0 Å². The van der Waals surface area contributed by atoms with Crippen molar-refractivity contribution in [1.29, 1.82) is 0 Å². The molecule has 0 aromatic heterocycles. The van der Waals surface area contributed by atoms with Crippen LogP contribution in [0, 0.1) is 6.92 Å². The molecule has 24 heavy (non-hydrogen) atoms. The number of hydrogen-bond donors (Lipinski definition) is 1. The Kier molecular flexibility index (Phi) is 5.76. The molecule has 0 radical (unpaired) electrons. The Hall–Kier alpha value is -2.00. The van der Waals surface area contributed by atoms with E-state index in [0.29, 0.717) is 12.6 Å². The molecule has 0 bridgehead atoms. The first-order valence-corrected chi connectivity index (χ1v) is 8.84. The van der Waals surface area contributed by atoms with Crippen molar-refractivity contribution >= 4 is 0 Å². The van der Waals surface area contributed by atoms with Gasteiger partial charge in [0.1, 0.15) is 6.61 Å². The van der Waals surface area contributed by atoms with E-state index in [2.05, 4.69) is 42.6 Å². The van der Waals surface area contributed by atoms with Gasteiger partial charge in [-0.15, -0.1) is 0 Å². The van der Waals surface area contributed by atoms with Crippen LogP contribution in [0.25, 0.3) is 0 Å². The molecular weight excluding hydrogens is 298 g/mol. The SMILES string of the molecule is COc1cccc(CNC2CCCC2)c1OCc1ccc(C)cc1. The minimum Gasteiger partial charge on any atom is -0.493 e. The molecule has 3 rings (SSSR count). The van der Waals surface area contributed by atoms with Crippen LogP contribution in [0.1, 0.15) is 42.4 Å². The highest BCUT2D eigenvalue weighted by Gasteiger charge is 2.16. The second kappa shape index (κ2) is 8.20. The molecule has 2 aromatic rings. The molecule has 3 heteroatoms. The van der Waals surface area contributed by atoms with Crippen molar-refractivity contribution in [2.45, 2.75) is 51.8 Å². The highest BCUT2D eigenvalue weighted by Crippen LogP contribution is 2.32. The largest absolute Gasteiger partial charge is 0.493 e. The molecule has 1 aliphatic rings. The summed E-state index contributed by atoms with van der Waals surface area (Å²) >= 11 is 0. The lowest BCUT2D eigenvalue weighted by atomic mass is 10.1. The summed E-state index contributed by atoms with van der Waals surface area (Å²) in [5.41, 5.74) is 3.59. The molecule has 128 valence electrons. The zero-order valence-electron chi connectivity index (χ0n) is 14.7. The standard InChI is InChI=1S/C21H27NO2/c1-16-10-12-17(13-11-16)15-24-21-18(6-5-9-20(21)23-2)14-22-19-7-3-4-8-19/h5-6,9-13,19,22H,3-4,7-8,14-15H2,1-2H3. The van der Waals surface area contributed by atoms with Gasteiger partial charge in [0, 0.05) is 18.2 Å². The molecule has 1 aliphatic carbocycles. The molecular formula is C21H27NO2. The fourth-order valence-corrected chi connectivity index (χ4v) is 3.25. The highest BCUT2D eigenvalue weighted by atomic mass is 16.5. The van der Waals surface area contributed by atoms with Gasteiger partial charge in [0.15, 0.2) is 11.5 Å². The van der Waals surface area contributed by atoms with Gasteiger partial charge >= 0.3 is 0 Å². The van der Waals surface area contributed by atoms with Gasteiger partial charge in [-0.05, 0) is 31.4 Å². The predicted octanol–water partition coefficient (Wildman–Crippen LogP) is 4.61. The number of benzene rings is 2. The number of para-hydroxylation sites is 1. The van der Waals surface area contributed by atoms with Crippen LogP contribution in [0.5, 0.6) is 11.5 Å². The zero-order chi connectivity index (χ0) is 16.8. The summed E-state index contributed by atoms with van der Waals surface area (Å²) in [7, 11) is 1.70.